The van der Waals surface area contributed by atoms with Crippen molar-refractivity contribution in [3.8, 4) is 0 Å². The minimum atomic E-state index is -0.462. The number of rotatable bonds is 5. The first-order valence-corrected chi connectivity index (χ1v) is 7.04. The summed E-state index contributed by atoms with van der Waals surface area (Å²) in [4.78, 5) is 25.8. The molecule has 0 aromatic heterocycles. The molecule has 1 aliphatic rings. The molecule has 1 atom stereocenters. The van der Waals surface area contributed by atoms with Crippen LogP contribution in [0.15, 0.2) is 36.9 Å². The standard InChI is InChI=1S/C16H19FN2O2/c1-2-10-18-16(21)14-4-3-5-15(20)19(14)11-12-6-8-13(17)9-7-12/h2,6-9,14H,1,3-5,10-11H2,(H,18,21). The Morgan fingerprint density at radius 2 is 2.14 bits per heavy atom. The zero-order chi connectivity index (χ0) is 15.2. The van der Waals surface area contributed by atoms with Crippen LogP contribution in [0.3, 0.4) is 0 Å². The molecule has 1 aromatic carbocycles. The molecule has 1 aromatic rings. The van der Waals surface area contributed by atoms with E-state index in [9.17, 15) is 14.0 Å². The number of hydrogen-bond donors (Lipinski definition) is 1. The summed E-state index contributed by atoms with van der Waals surface area (Å²) in [5, 5.41) is 2.74. The monoisotopic (exact) mass is 290 g/mol. The first-order valence-electron chi connectivity index (χ1n) is 7.04. The van der Waals surface area contributed by atoms with Crippen LogP contribution in [0.2, 0.25) is 0 Å². The summed E-state index contributed by atoms with van der Waals surface area (Å²) in [6, 6.07) is 5.52. The van der Waals surface area contributed by atoms with Crippen molar-refractivity contribution >= 4 is 11.8 Å². The number of piperidine rings is 1. The van der Waals surface area contributed by atoms with E-state index in [0.29, 0.717) is 32.4 Å². The third-order valence-electron chi connectivity index (χ3n) is 3.55. The summed E-state index contributed by atoms with van der Waals surface area (Å²) in [5.74, 6) is -0.515. The Morgan fingerprint density at radius 3 is 2.81 bits per heavy atom. The summed E-state index contributed by atoms with van der Waals surface area (Å²) in [6.07, 6.45) is 3.42. The van der Waals surface area contributed by atoms with E-state index in [1.54, 1.807) is 23.1 Å². The molecule has 1 N–H and O–H groups in total. The predicted octanol–water partition coefficient (Wildman–Crippen LogP) is 2.01. The maximum absolute atomic E-state index is 12.9. The molecule has 4 nitrogen and oxygen atoms in total. The van der Waals surface area contributed by atoms with Crippen LogP contribution in [-0.2, 0) is 16.1 Å². The van der Waals surface area contributed by atoms with Crippen molar-refractivity contribution in [2.24, 2.45) is 0 Å². The molecule has 2 rings (SSSR count). The van der Waals surface area contributed by atoms with Crippen LogP contribution in [0.4, 0.5) is 4.39 Å². The number of halogens is 1. The highest BCUT2D eigenvalue weighted by Crippen LogP contribution is 2.21. The lowest BCUT2D eigenvalue weighted by Crippen LogP contribution is -2.51. The van der Waals surface area contributed by atoms with Crippen molar-refractivity contribution in [3.05, 3.63) is 48.3 Å². The first-order chi connectivity index (χ1) is 10.1. The lowest BCUT2D eigenvalue weighted by molar-refractivity contribution is -0.144. The van der Waals surface area contributed by atoms with Gasteiger partial charge < -0.3 is 10.2 Å². The van der Waals surface area contributed by atoms with E-state index in [-0.39, 0.29) is 17.6 Å². The Balaban J connectivity index is 2.11. The molecule has 1 fully saturated rings. The van der Waals surface area contributed by atoms with Crippen LogP contribution in [0.5, 0.6) is 0 Å². The Hall–Kier alpha value is -2.17. The molecular weight excluding hydrogens is 271 g/mol. The second kappa shape index (κ2) is 7.02. The van der Waals surface area contributed by atoms with Gasteiger partial charge >= 0.3 is 0 Å². The molecule has 0 radical (unpaired) electrons. The van der Waals surface area contributed by atoms with Gasteiger partial charge in [-0.1, -0.05) is 18.2 Å². The molecule has 1 saturated heterocycles. The fourth-order valence-electron chi connectivity index (χ4n) is 2.47. The largest absolute Gasteiger partial charge is 0.351 e. The molecule has 0 saturated carbocycles. The number of hydrogen-bond acceptors (Lipinski definition) is 2. The molecule has 2 amide bonds. The third-order valence-corrected chi connectivity index (χ3v) is 3.55. The fraction of sp³-hybridized carbons (Fsp3) is 0.375. The van der Waals surface area contributed by atoms with Crippen molar-refractivity contribution in [2.75, 3.05) is 6.54 Å². The van der Waals surface area contributed by atoms with Gasteiger partial charge in [-0.25, -0.2) is 4.39 Å². The zero-order valence-electron chi connectivity index (χ0n) is 11.8. The van der Waals surface area contributed by atoms with Gasteiger partial charge in [0.1, 0.15) is 11.9 Å². The number of benzene rings is 1. The molecule has 0 spiro atoms. The van der Waals surface area contributed by atoms with Crippen molar-refractivity contribution in [2.45, 2.75) is 31.8 Å². The number of nitrogens with zero attached hydrogens (tertiary/aromatic N) is 1. The van der Waals surface area contributed by atoms with Gasteiger partial charge in [-0.05, 0) is 30.5 Å². The fourth-order valence-corrected chi connectivity index (χ4v) is 2.47. The number of likely N-dealkylation sites (tertiary alicyclic amines) is 1. The highest BCUT2D eigenvalue weighted by molar-refractivity contribution is 5.88. The molecule has 112 valence electrons. The van der Waals surface area contributed by atoms with Gasteiger partial charge in [-0.15, -0.1) is 6.58 Å². The number of amides is 2. The molecule has 21 heavy (non-hydrogen) atoms. The van der Waals surface area contributed by atoms with E-state index in [0.717, 1.165) is 5.56 Å². The van der Waals surface area contributed by atoms with Gasteiger partial charge in [0.25, 0.3) is 0 Å². The van der Waals surface area contributed by atoms with Crippen molar-refractivity contribution in [1.29, 1.82) is 0 Å². The molecule has 1 aliphatic heterocycles. The van der Waals surface area contributed by atoms with Crippen LogP contribution in [0.25, 0.3) is 0 Å². The van der Waals surface area contributed by atoms with E-state index < -0.39 is 6.04 Å². The minimum Gasteiger partial charge on any atom is -0.351 e. The molecule has 5 heteroatoms. The first kappa shape index (κ1) is 15.2. The summed E-state index contributed by atoms with van der Waals surface area (Å²) in [7, 11) is 0. The number of carbonyl (C=O) groups is 2. The van der Waals surface area contributed by atoms with Crippen LogP contribution < -0.4 is 5.32 Å². The maximum atomic E-state index is 12.9. The minimum absolute atomic E-state index is 0.0377. The van der Waals surface area contributed by atoms with Crippen LogP contribution >= 0.6 is 0 Å². The number of carbonyl (C=O) groups excluding carboxylic acids is 2. The normalized spacial score (nSPS) is 18.4. The highest BCUT2D eigenvalue weighted by Gasteiger charge is 2.32. The van der Waals surface area contributed by atoms with Gasteiger partial charge in [0.2, 0.25) is 11.8 Å². The highest BCUT2D eigenvalue weighted by atomic mass is 19.1. The second-order valence-electron chi connectivity index (χ2n) is 5.09. The molecule has 1 heterocycles. The second-order valence-corrected chi connectivity index (χ2v) is 5.09. The lowest BCUT2D eigenvalue weighted by atomic mass is 9.99. The lowest BCUT2D eigenvalue weighted by Gasteiger charge is -2.34. The smallest absolute Gasteiger partial charge is 0.243 e. The Bertz CT molecular complexity index is 528. The maximum Gasteiger partial charge on any atom is 0.243 e. The molecule has 0 aliphatic carbocycles. The summed E-state index contributed by atoms with van der Waals surface area (Å²) < 4.78 is 12.9. The summed E-state index contributed by atoms with van der Waals surface area (Å²) in [6.45, 7) is 4.26. The van der Waals surface area contributed by atoms with Crippen molar-refractivity contribution in [1.82, 2.24) is 10.2 Å². The summed E-state index contributed by atoms with van der Waals surface area (Å²) in [5.41, 5.74) is 0.813. The zero-order valence-corrected chi connectivity index (χ0v) is 11.8. The summed E-state index contributed by atoms with van der Waals surface area (Å²) >= 11 is 0. The quantitative estimate of drug-likeness (QED) is 0.843. The molecular formula is C16H19FN2O2. The van der Waals surface area contributed by atoms with Gasteiger partial charge in [0.05, 0.1) is 0 Å². The molecule has 0 bridgehead atoms. The molecule has 1 unspecified atom stereocenters. The van der Waals surface area contributed by atoms with E-state index in [2.05, 4.69) is 11.9 Å². The van der Waals surface area contributed by atoms with Crippen LogP contribution in [-0.4, -0.2) is 29.3 Å². The van der Waals surface area contributed by atoms with E-state index in [4.69, 9.17) is 0 Å². The Kier molecular flexibility index (Phi) is 5.09. The average Bonchev–Trinajstić information content (AvgIpc) is 2.49. The van der Waals surface area contributed by atoms with Crippen LogP contribution in [0, 0.1) is 5.82 Å². The van der Waals surface area contributed by atoms with Crippen LogP contribution in [0.1, 0.15) is 24.8 Å². The van der Waals surface area contributed by atoms with Gasteiger partial charge in [-0.3, -0.25) is 9.59 Å². The van der Waals surface area contributed by atoms with E-state index >= 15 is 0 Å². The van der Waals surface area contributed by atoms with Crippen molar-refractivity contribution < 1.29 is 14.0 Å². The van der Waals surface area contributed by atoms with Crippen molar-refractivity contribution in [3.63, 3.8) is 0 Å². The van der Waals surface area contributed by atoms with Gasteiger partial charge in [0, 0.05) is 19.5 Å². The Morgan fingerprint density at radius 1 is 1.43 bits per heavy atom. The Labute approximate surface area is 123 Å². The topological polar surface area (TPSA) is 49.4 Å². The average molecular weight is 290 g/mol. The van der Waals surface area contributed by atoms with Gasteiger partial charge in [-0.2, -0.15) is 0 Å². The van der Waals surface area contributed by atoms with E-state index in [1.807, 2.05) is 0 Å². The predicted molar refractivity (Wildman–Crippen MR) is 77.8 cm³/mol. The third kappa shape index (κ3) is 3.90. The SMILES string of the molecule is C=CCNC(=O)C1CCCC(=O)N1Cc1ccc(F)cc1. The van der Waals surface area contributed by atoms with Gasteiger partial charge in [0.15, 0.2) is 0 Å². The number of nitrogens with one attached hydrogen (secondary N) is 1. The van der Waals surface area contributed by atoms with E-state index in [1.165, 1.54) is 12.1 Å².